The van der Waals surface area contributed by atoms with E-state index in [-0.39, 0.29) is 0 Å². The summed E-state index contributed by atoms with van der Waals surface area (Å²) in [4.78, 5) is 9.37. The highest BCUT2D eigenvalue weighted by atomic mass is 16.5. The molecule has 5 heteroatoms. The molecule has 31 heavy (non-hydrogen) atoms. The van der Waals surface area contributed by atoms with Gasteiger partial charge in [0.05, 0.1) is 5.39 Å². The molecule has 0 saturated carbocycles. The van der Waals surface area contributed by atoms with Crippen LogP contribution in [0.1, 0.15) is 24.0 Å². The molecular formula is C26H26N4O. The van der Waals surface area contributed by atoms with Crippen molar-refractivity contribution < 1.29 is 4.74 Å². The van der Waals surface area contributed by atoms with Crippen molar-refractivity contribution in [2.24, 2.45) is 0 Å². The van der Waals surface area contributed by atoms with Gasteiger partial charge in [0.15, 0.2) is 5.65 Å². The molecule has 4 aromatic rings. The van der Waals surface area contributed by atoms with Crippen molar-refractivity contribution in [3.8, 4) is 16.8 Å². The van der Waals surface area contributed by atoms with Crippen molar-refractivity contribution in [1.82, 2.24) is 14.5 Å². The molecule has 0 spiro atoms. The number of rotatable bonds is 5. The van der Waals surface area contributed by atoms with Crippen molar-refractivity contribution >= 4 is 22.9 Å². The summed E-state index contributed by atoms with van der Waals surface area (Å²) in [5, 5.41) is 4.71. The van der Waals surface area contributed by atoms with Crippen LogP contribution in [0.5, 0.6) is 0 Å². The molecule has 3 heterocycles. The molecule has 1 aliphatic rings. The van der Waals surface area contributed by atoms with Gasteiger partial charge in [-0.3, -0.25) is 0 Å². The van der Waals surface area contributed by atoms with E-state index in [1.807, 2.05) is 12.1 Å². The Morgan fingerprint density at radius 1 is 1.06 bits per heavy atom. The van der Waals surface area contributed by atoms with Crippen LogP contribution in [-0.2, 0) is 4.74 Å². The molecule has 5 nitrogen and oxygen atoms in total. The summed E-state index contributed by atoms with van der Waals surface area (Å²) in [6.07, 6.45) is 7.68. The fourth-order valence-electron chi connectivity index (χ4n) is 4.31. The van der Waals surface area contributed by atoms with Gasteiger partial charge in [0.1, 0.15) is 12.1 Å². The molecule has 5 rings (SSSR count). The molecule has 1 fully saturated rings. The summed E-state index contributed by atoms with van der Waals surface area (Å²) in [5.41, 5.74) is 6.50. The van der Waals surface area contributed by atoms with Crippen LogP contribution >= 0.6 is 0 Å². The van der Waals surface area contributed by atoms with Crippen LogP contribution in [0, 0.1) is 6.92 Å². The lowest BCUT2D eigenvalue weighted by atomic mass is 9.99. The predicted molar refractivity (Wildman–Crippen MR) is 127 cm³/mol. The van der Waals surface area contributed by atoms with Gasteiger partial charge in [-0.05, 0) is 48.6 Å². The highest BCUT2D eigenvalue weighted by molar-refractivity contribution is 6.03. The van der Waals surface area contributed by atoms with Gasteiger partial charge in [-0.2, -0.15) is 0 Å². The first kappa shape index (κ1) is 19.5. The maximum Gasteiger partial charge on any atom is 0.150 e. The average Bonchev–Trinajstić information content (AvgIpc) is 3.20. The number of benzene rings is 2. The van der Waals surface area contributed by atoms with Crippen molar-refractivity contribution in [3.05, 3.63) is 78.8 Å². The molecule has 156 valence electrons. The second kappa shape index (κ2) is 8.36. The summed E-state index contributed by atoms with van der Waals surface area (Å²) in [6.45, 7) is 7.69. The number of nitrogens with one attached hydrogen (secondary N) is 1. The summed E-state index contributed by atoms with van der Waals surface area (Å²) in [7, 11) is 0. The zero-order valence-corrected chi connectivity index (χ0v) is 17.7. The first-order valence-electron chi connectivity index (χ1n) is 10.7. The summed E-state index contributed by atoms with van der Waals surface area (Å²) in [5.74, 6) is 0.872. The molecule has 1 saturated heterocycles. The van der Waals surface area contributed by atoms with Gasteiger partial charge in [-0.25, -0.2) is 9.97 Å². The lowest BCUT2D eigenvalue weighted by Gasteiger charge is -2.24. The van der Waals surface area contributed by atoms with Crippen LogP contribution in [0.4, 0.5) is 5.82 Å². The lowest BCUT2D eigenvalue weighted by Crippen LogP contribution is -2.28. The van der Waals surface area contributed by atoms with E-state index in [0.717, 1.165) is 65.3 Å². The highest BCUT2D eigenvalue weighted by Gasteiger charge is 2.21. The van der Waals surface area contributed by atoms with Crippen molar-refractivity contribution in [1.29, 1.82) is 0 Å². The Balaban J connectivity index is 1.74. The Kier molecular flexibility index (Phi) is 5.26. The zero-order chi connectivity index (χ0) is 21.2. The predicted octanol–water partition coefficient (Wildman–Crippen LogP) is 5.63. The Morgan fingerprint density at radius 3 is 2.71 bits per heavy atom. The van der Waals surface area contributed by atoms with Gasteiger partial charge in [-0.15, -0.1) is 0 Å². The molecule has 0 amide bonds. The van der Waals surface area contributed by atoms with E-state index in [1.165, 1.54) is 5.56 Å². The fraction of sp³-hybridized carbons (Fsp3) is 0.231. The van der Waals surface area contributed by atoms with Crippen LogP contribution in [0.2, 0.25) is 0 Å². The molecule has 1 aliphatic heterocycles. The first-order valence-corrected chi connectivity index (χ1v) is 10.7. The van der Waals surface area contributed by atoms with Gasteiger partial charge in [0.2, 0.25) is 0 Å². The number of aromatic nitrogens is 3. The van der Waals surface area contributed by atoms with Crippen LogP contribution < -0.4 is 5.32 Å². The van der Waals surface area contributed by atoms with Crippen molar-refractivity contribution in [3.63, 3.8) is 0 Å². The van der Waals surface area contributed by atoms with Crippen molar-refractivity contribution in [2.75, 3.05) is 18.5 Å². The SMILES string of the molecule is C=Cc1ccccc1-c1cn(-c2cccc(C)c2)c2ncnc(NC3CCOCC3)c12. The number of aryl methyl sites for hydroxylation is 1. The maximum absolute atomic E-state index is 5.53. The van der Waals surface area contributed by atoms with Gasteiger partial charge in [-0.1, -0.05) is 49.1 Å². The molecule has 2 aromatic carbocycles. The molecule has 2 aromatic heterocycles. The zero-order valence-electron chi connectivity index (χ0n) is 17.7. The fourth-order valence-corrected chi connectivity index (χ4v) is 4.31. The third kappa shape index (κ3) is 3.73. The van der Waals surface area contributed by atoms with E-state index in [0.29, 0.717) is 6.04 Å². The minimum Gasteiger partial charge on any atom is -0.381 e. The average molecular weight is 411 g/mol. The van der Waals surface area contributed by atoms with Crippen molar-refractivity contribution in [2.45, 2.75) is 25.8 Å². The van der Waals surface area contributed by atoms with Gasteiger partial charge < -0.3 is 14.6 Å². The smallest absolute Gasteiger partial charge is 0.150 e. The Hall–Kier alpha value is -3.44. The maximum atomic E-state index is 5.53. The molecular weight excluding hydrogens is 384 g/mol. The molecule has 0 aliphatic carbocycles. The minimum atomic E-state index is 0.344. The number of ether oxygens (including phenoxy) is 1. The number of hydrogen-bond acceptors (Lipinski definition) is 4. The third-order valence-electron chi connectivity index (χ3n) is 5.90. The van der Waals surface area contributed by atoms with E-state index in [4.69, 9.17) is 9.72 Å². The van der Waals surface area contributed by atoms with Gasteiger partial charge in [0, 0.05) is 36.7 Å². The normalized spacial score (nSPS) is 14.6. The minimum absolute atomic E-state index is 0.344. The molecule has 0 bridgehead atoms. The quantitative estimate of drug-likeness (QED) is 0.463. The molecule has 0 radical (unpaired) electrons. The van der Waals surface area contributed by atoms with Crippen LogP contribution in [0.15, 0.2) is 67.6 Å². The molecule has 0 unspecified atom stereocenters. The molecule has 1 N–H and O–H groups in total. The second-order valence-corrected chi connectivity index (χ2v) is 8.00. The topological polar surface area (TPSA) is 52.0 Å². The van der Waals surface area contributed by atoms with E-state index >= 15 is 0 Å². The second-order valence-electron chi connectivity index (χ2n) is 8.00. The largest absolute Gasteiger partial charge is 0.381 e. The third-order valence-corrected chi connectivity index (χ3v) is 5.90. The van der Waals surface area contributed by atoms with E-state index in [2.05, 4.69) is 77.0 Å². The Morgan fingerprint density at radius 2 is 1.90 bits per heavy atom. The lowest BCUT2D eigenvalue weighted by molar-refractivity contribution is 0.0904. The summed E-state index contributed by atoms with van der Waals surface area (Å²) < 4.78 is 7.69. The number of fused-ring (bicyclic) bond motifs is 1. The van der Waals surface area contributed by atoms with Gasteiger partial charge >= 0.3 is 0 Å². The summed E-state index contributed by atoms with van der Waals surface area (Å²) >= 11 is 0. The van der Waals surface area contributed by atoms with E-state index in [9.17, 15) is 0 Å². The Labute approximate surface area is 182 Å². The number of anilines is 1. The Bertz CT molecular complexity index is 1240. The monoisotopic (exact) mass is 410 g/mol. The number of nitrogens with zero attached hydrogens (tertiary/aromatic N) is 3. The highest BCUT2D eigenvalue weighted by Crippen LogP contribution is 2.37. The van der Waals surface area contributed by atoms with Gasteiger partial charge in [0.25, 0.3) is 0 Å². The van der Waals surface area contributed by atoms with E-state index < -0.39 is 0 Å². The standard InChI is InChI=1S/C26H26N4O/c1-3-19-8-4-5-10-22(19)23-16-30(21-9-6-7-18(2)15-21)26-24(23)25(27-17-28-26)29-20-11-13-31-14-12-20/h3-10,15-17,20H,1,11-14H2,2H3,(H,27,28,29). The summed E-state index contributed by atoms with van der Waals surface area (Å²) in [6, 6.07) is 17.2. The molecule has 0 atom stereocenters. The van der Waals surface area contributed by atoms with Crippen LogP contribution in [0.3, 0.4) is 0 Å². The first-order chi connectivity index (χ1) is 15.2. The van der Waals surface area contributed by atoms with E-state index in [1.54, 1.807) is 6.33 Å². The number of hydrogen-bond donors (Lipinski definition) is 1. The van der Waals surface area contributed by atoms with Crippen LogP contribution in [-0.4, -0.2) is 33.8 Å². The van der Waals surface area contributed by atoms with Crippen LogP contribution in [0.25, 0.3) is 33.9 Å².